The molecule has 0 bridgehead atoms. The maximum absolute atomic E-state index is 11.5. The maximum atomic E-state index is 11.5. The van der Waals surface area contributed by atoms with Gasteiger partial charge in [0.15, 0.2) is 0 Å². The SMILES string of the molecule is CCOC(=O)C(N)Cc1cnc2ccc(OC)cc2c1. The van der Waals surface area contributed by atoms with Crippen molar-refractivity contribution >= 4 is 16.9 Å². The Morgan fingerprint density at radius 2 is 2.20 bits per heavy atom. The van der Waals surface area contributed by atoms with Gasteiger partial charge in [-0.3, -0.25) is 9.78 Å². The molecule has 0 fully saturated rings. The van der Waals surface area contributed by atoms with Crippen molar-refractivity contribution in [3.63, 3.8) is 0 Å². The molecule has 1 aromatic heterocycles. The summed E-state index contributed by atoms with van der Waals surface area (Å²) in [5.41, 5.74) is 7.58. The van der Waals surface area contributed by atoms with Gasteiger partial charge in [-0.25, -0.2) is 0 Å². The van der Waals surface area contributed by atoms with Crippen molar-refractivity contribution in [3.05, 3.63) is 36.0 Å². The third-order valence-corrected chi connectivity index (χ3v) is 2.99. The predicted octanol–water partition coefficient (Wildman–Crippen LogP) is 1.68. The van der Waals surface area contributed by atoms with Gasteiger partial charge >= 0.3 is 5.97 Å². The predicted molar refractivity (Wildman–Crippen MR) is 76.6 cm³/mol. The molecule has 2 N–H and O–H groups in total. The normalized spacial score (nSPS) is 12.2. The standard InChI is InChI=1S/C15H18N2O3/c1-3-20-15(18)13(16)7-10-6-11-8-12(19-2)4-5-14(11)17-9-10/h4-6,8-9,13H,3,7,16H2,1-2H3. The van der Waals surface area contributed by atoms with Gasteiger partial charge in [-0.1, -0.05) is 0 Å². The minimum atomic E-state index is -0.667. The zero-order valence-corrected chi connectivity index (χ0v) is 11.6. The highest BCUT2D eigenvalue weighted by Crippen LogP contribution is 2.20. The average Bonchev–Trinajstić information content (AvgIpc) is 2.46. The number of carbonyl (C=O) groups is 1. The molecule has 20 heavy (non-hydrogen) atoms. The van der Waals surface area contributed by atoms with Gasteiger partial charge in [0.1, 0.15) is 11.8 Å². The Balaban J connectivity index is 2.20. The first-order valence-corrected chi connectivity index (χ1v) is 6.49. The molecule has 0 saturated carbocycles. The van der Waals surface area contributed by atoms with Gasteiger partial charge in [0.25, 0.3) is 0 Å². The quantitative estimate of drug-likeness (QED) is 0.840. The number of nitrogens with zero attached hydrogens (tertiary/aromatic N) is 1. The fraction of sp³-hybridized carbons (Fsp3) is 0.333. The first kappa shape index (κ1) is 14.3. The maximum Gasteiger partial charge on any atom is 0.323 e. The van der Waals surface area contributed by atoms with Crippen LogP contribution in [0.2, 0.25) is 0 Å². The fourth-order valence-electron chi connectivity index (χ4n) is 1.98. The molecule has 1 aromatic carbocycles. The Bertz CT molecular complexity index is 613. The Morgan fingerprint density at radius 1 is 1.40 bits per heavy atom. The van der Waals surface area contributed by atoms with E-state index in [0.717, 1.165) is 22.2 Å². The smallest absolute Gasteiger partial charge is 0.323 e. The van der Waals surface area contributed by atoms with Crippen LogP contribution in [0.4, 0.5) is 0 Å². The number of esters is 1. The van der Waals surface area contributed by atoms with E-state index in [0.29, 0.717) is 13.0 Å². The second kappa shape index (κ2) is 6.34. The number of nitrogens with two attached hydrogens (primary N) is 1. The van der Waals surface area contributed by atoms with E-state index in [1.807, 2.05) is 24.3 Å². The van der Waals surface area contributed by atoms with E-state index in [-0.39, 0.29) is 0 Å². The average molecular weight is 274 g/mol. The minimum absolute atomic E-state index is 0.333. The first-order chi connectivity index (χ1) is 9.63. The number of ether oxygens (including phenoxy) is 2. The van der Waals surface area contributed by atoms with Crippen molar-refractivity contribution < 1.29 is 14.3 Å². The fourth-order valence-corrected chi connectivity index (χ4v) is 1.98. The molecule has 2 aromatic rings. The monoisotopic (exact) mass is 274 g/mol. The van der Waals surface area contributed by atoms with Crippen molar-refractivity contribution in [1.29, 1.82) is 0 Å². The van der Waals surface area contributed by atoms with Crippen molar-refractivity contribution in [2.24, 2.45) is 5.73 Å². The van der Waals surface area contributed by atoms with Gasteiger partial charge in [-0.05, 0) is 43.2 Å². The van der Waals surface area contributed by atoms with Crippen LogP contribution in [0, 0.1) is 0 Å². The number of benzene rings is 1. The van der Waals surface area contributed by atoms with Gasteiger partial charge in [0, 0.05) is 11.6 Å². The zero-order chi connectivity index (χ0) is 14.5. The van der Waals surface area contributed by atoms with E-state index in [1.54, 1.807) is 20.2 Å². The van der Waals surface area contributed by atoms with Gasteiger partial charge < -0.3 is 15.2 Å². The lowest BCUT2D eigenvalue weighted by Crippen LogP contribution is -2.34. The van der Waals surface area contributed by atoms with E-state index in [4.69, 9.17) is 15.2 Å². The third kappa shape index (κ3) is 3.24. The number of rotatable bonds is 5. The van der Waals surface area contributed by atoms with E-state index >= 15 is 0 Å². The van der Waals surface area contributed by atoms with Crippen LogP contribution in [0.1, 0.15) is 12.5 Å². The molecule has 0 aliphatic rings. The lowest BCUT2D eigenvalue weighted by molar-refractivity contribution is -0.144. The van der Waals surface area contributed by atoms with Gasteiger partial charge in [0.05, 0.1) is 19.2 Å². The highest BCUT2D eigenvalue weighted by atomic mass is 16.5. The van der Waals surface area contributed by atoms with Crippen LogP contribution < -0.4 is 10.5 Å². The summed E-state index contributed by atoms with van der Waals surface area (Å²) >= 11 is 0. The number of carbonyl (C=O) groups excluding carboxylic acids is 1. The molecular formula is C15H18N2O3. The number of pyridine rings is 1. The summed E-state index contributed by atoms with van der Waals surface area (Å²) in [6, 6.07) is 6.95. The molecular weight excluding hydrogens is 256 g/mol. The molecule has 0 saturated heterocycles. The van der Waals surface area contributed by atoms with E-state index in [1.165, 1.54) is 0 Å². The molecule has 5 nitrogen and oxygen atoms in total. The second-order valence-corrected chi connectivity index (χ2v) is 4.46. The number of fused-ring (bicyclic) bond motifs is 1. The molecule has 0 aliphatic heterocycles. The van der Waals surface area contributed by atoms with Crippen LogP contribution >= 0.6 is 0 Å². The Labute approximate surface area is 117 Å². The molecule has 0 spiro atoms. The Kier molecular flexibility index (Phi) is 4.53. The Hall–Kier alpha value is -2.14. The minimum Gasteiger partial charge on any atom is -0.497 e. The van der Waals surface area contributed by atoms with Gasteiger partial charge in [-0.2, -0.15) is 0 Å². The van der Waals surface area contributed by atoms with Crippen molar-refractivity contribution in [1.82, 2.24) is 4.98 Å². The number of methoxy groups -OCH3 is 1. The largest absolute Gasteiger partial charge is 0.497 e. The molecule has 106 valence electrons. The molecule has 0 radical (unpaired) electrons. The third-order valence-electron chi connectivity index (χ3n) is 2.99. The Morgan fingerprint density at radius 3 is 2.90 bits per heavy atom. The summed E-state index contributed by atoms with van der Waals surface area (Å²) in [6.07, 6.45) is 2.13. The lowest BCUT2D eigenvalue weighted by Gasteiger charge is -2.11. The van der Waals surface area contributed by atoms with Gasteiger partial charge in [0.2, 0.25) is 0 Å². The van der Waals surface area contributed by atoms with Crippen LogP contribution in [0.25, 0.3) is 10.9 Å². The van der Waals surface area contributed by atoms with Crippen molar-refractivity contribution in [3.8, 4) is 5.75 Å². The number of hydrogen-bond acceptors (Lipinski definition) is 5. The molecule has 1 heterocycles. The van der Waals surface area contributed by atoms with Crippen molar-refractivity contribution in [2.45, 2.75) is 19.4 Å². The summed E-state index contributed by atoms with van der Waals surface area (Å²) in [6.45, 7) is 2.09. The highest BCUT2D eigenvalue weighted by Gasteiger charge is 2.15. The summed E-state index contributed by atoms with van der Waals surface area (Å²) in [4.78, 5) is 15.9. The molecule has 1 atom stereocenters. The molecule has 1 unspecified atom stereocenters. The van der Waals surface area contributed by atoms with Crippen LogP contribution in [0.3, 0.4) is 0 Å². The molecule has 0 amide bonds. The second-order valence-electron chi connectivity index (χ2n) is 4.46. The molecule has 5 heteroatoms. The molecule has 0 aliphatic carbocycles. The van der Waals surface area contributed by atoms with E-state index < -0.39 is 12.0 Å². The summed E-state index contributed by atoms with van der Waals surface area (Å²) in [7, 11) is 1.62. The number of aromatic nitrogens is 1. The van der Waals surface area contributed by atoms with Gasteiger partial charge in [-0.15, -0.1) is 0 Å². The summed E-state index contributed by atoms with van der Waals surface area (Å²) in [5, 5.41) is 0.956. The topological polar surface area (TPSA) is 74.4 Å². The highest BCUT2D eigenvalue weighted by molar-refractivity contribution is 5.81. The van der Waals surface area contributed by atoms with Crippen LogP contribution in [-0.4, -0.2) is 30.7 Å². The zero-order valence-electron chi connectivity index (χ0n) is 11.6. The summed E-state index contributed by atoms with van der Waals surface area (Å²) < 4.78 is 10.1. The lowest BCUT2D eigenvalue weighted by atomic mass is 10.1. The molecule has 2 rings (SSSR count). The van der Waals surface area contributed by atoms with E-state index in [9.17, 15) is 4.79 Å². The summed E-state index contributed by atoms with van der Waals surface area (Å²) in [5.74, 6) is 0.379. The van der Waals surface area contributed by atoms with Crippen LogP contribution in [0.5, 0.6) is 5.75 Å². The van der Waals surface area contributed by atoms with Crippen molar-refractivity contribution in [2.75, 3.05) is 13.7 Å². The van der Waals surface area contributed by atoms with E-state index in [2.05, 4.69) is 4.98 Å². The first-order valence-electron chi connectivity index (χ1n) is 6.49. The number of hydrogen-bond donors (Lipinski definition) is 1. The van der Waals surface area contributed by atoms with Crippen LogP contribution in [0.15, 0.2) is 30.5 Å². The van der Waals surface area contributed by atoms with Crippen LogP contribution in [-0.2, 0) is 16.0 Å².